The van der Waals surface area contributed by atoms with Crippen LogP contribution in [-0.4, -0.2) is 66.0 Å². The molecule has 160 valence electrons. The van der Waals surface area contributed by atoms with E-state index in [1.54, 1.807) is 24.3 Å². The summed E-state index contributed by atoms with van der Waals surface area (Å²) in [6, 6.07) is 8.02. The molecular formula is C23H35N3O3. The largest absolute Gasteiger partial charge is 0.484 e. The Labute approximate surface area is 174 Å². The Balaban J connectivity index is 1.47. The minimum Gasteiger partial charge on any atom is -0.484 e. The van der Waals surface area contributed by atoms with Crippen molar-refractivity contribution in [1.29, 1.82) is 0 Å². The fourth-order valence-corrected chi connectivity index (χ4v) is 4.69. The van der Waals surface area contributed by atoms with Gasteiger partial charge >= 0.3 is 0 Å². The predicted octanol–water partition coefficient (Wildman–Crippen LogP) is 3.07. The highest BCUT2D eigenvalue weighted by Gasteiger charge is 2.29. The van der Waals surface area contributed by atoms with Gasteiger partial charge in [0, 0.05) is 30.2 Å². The second-order valence-corrected chi connectivity index (χ2v) is 8.38. The van der Waals surface area contributed by atoms with Gasteiger partial charge in [-0.25, -0.2) is 0 Å². The van der Waals surface area contributed by atoms with Crippen LogP contribution < -0.4 is 10.1 Å². The van der Waals surface area contributed by atoms with Gasteiger partial charge in [-0.2, -0.15) is 0 Å². The Bertz CT molecular complexity index is 681. The Morgan fingerprint density at radius 3 is 2.41 bits per heavy atom. The van der Waals surface area contributed by atoms with Crippen molar-refractivity contribution in [1.82, 2.24) is 15.1 Å². The number of ether oxygens (including phenoxy) is 1. The number of nitrogens with one attached hydrogen (secondary N) is 1. The molecule has 3 unspecified atom stereocenters. The number of amides is 2. The summed E-state index contributed by atoms with van der Waals surface area (Å²) in [4.78, 5) is 29.4. The highest BCUT2D eigenvalue weighted by molar-refractivity contribution is 5.94. The van der Waals surface area contributed by atoms with E-state index < -0.39 is 0 Å². The van der Waals surface area contributed by atoms with Crippen LogP contribution >= 0.6 is 0 Å². The van der Waals surface area contributed by atoms with Crippen molar-refractivity contribution in [2.24, 2.45) is 0 Å². The lowest BCUT2D eigenvalue weighted by atomic mass is 9.97. The zero-order chi connectivity index (χ0) is 20.8. The van der Waals surface area contributed by atoms with Gasteiger partial charge in [0.25, 0.3) is 11.8 Å². The number of likely N-dealkylation sites (N-methyl/N-ethyl adjacent to an activating group) is 1. The molecule has 1 N–H and O–H groups in total. The van der Waals surface area contributed by atoms with Crippen LogP contribution in [0.1, 0.15) is 63.2 Å². The fraction of sp³-hybridized carbons (Fsp3) is 0.652. The number of likely N-dealkylation sites (tertiary alicyclic amines) is 2. The summed E-state index contributed by atoms with van der Waals surface area (Å²) < 4.78 is 5.69. The van der Waals surface area contributed by atoms with Crippen LogP contribution in [0.25, 0.3) is 0 Å². The molecule has 0 aromatic heterocycles. The van der Waals surface area contributed by atoms with Gasteiger partial charge < -0.3 is 15.0 Å². The van der Waals surface area contributed by atoms with Crippen molar-refractivity contribution in [3.05, 3.63) is 29.8 Å². The molecule has 0 bridgehead atoms. The molecule has 1 aromatic rings. The third-order valence-electron chi connectivity index (χ3n) is 6.36. The van der Waals surface area contributed by atoms with Crippen LogP contribution in [0.4, 0.5) is 0 Å². The van der Waals surface area contributed by atoms with E-state index in [0.29, 0.717) is 23.9 Å². The summed E-state index contributed by atoms with van der Waals surface area (Å²) in [5.74, 6) is 0.579. The van der Waals surface area contributed by atoms with Crippen molar-refractivity contribution in [2.45, 2.75) is 71.0 Å². The Morgan fingerprint density at radius 1 is 1.07 bits per heavy atom. The topological polar surface area (TPSA) is 61.9 Å². The number of hydrogen-bond acceptors (Lipinski definition) is 4. The second-order valence-electron chi connectivity index (χ2n) is 8.38. The number of benzene rings is 1. The lowest BCUT2D eigenvalue weighted by Gasteiger charge is -2.38. The summed E-state index contributed by atoms with van der Waals surface area (Å²) in [7, 11) is 0. The molecular weight excluding hydrogens is 366 g/mol. The van der Waals surface area contributed by atoms with E-state index in [1.165, 1.54) is 12.8 Å². The average molecular weight is 402 g/mol. The van der Waals surface area contributed by atoms with Crippen molar-refractivity contribution < 1.29 is 14.3 Å². The van der Waals surface area contributed by atoms with Gasteiger partial charge in [-0.1, -0.05) is 6.92 Å². The Hall–Kier alpha value is -2.08. The van der Waals surface area contributed by atoms with Crippen molar-refractivity contribution in [3.63, 3.8) is 0 Å². The molecule has 1 aromatic carbocycles. The number of hydrogen-bond donors (Lipinski definition) is 1. The highest BCUT2D eigenvalue weighted by atomic mass is 16.5. The quantitative estimate of drug-likeness (QED) is 0.763. The molecule has 2 amide bonds. The summed E-state index contributed by atoms with van der Waals surface area (Å²) in [5.41, 5.74) is 0.614. The van der Waals surface area contributed by atoms with E-state index in [1.807, 2.05) is 4.90 Å². The van der Waals surface area contributed by atoms with Crippen LogP contribution in [0.2, 0.25) is 0 Å². The first-order valence-electron chi connectivity index (χ1n) is 11.1. The molecule has 2 heterocycles. The summed E-state index contributed by atoms with van der Waals surface area (Å²) in [6.45, 7) is 9.24. The molecule has 2 aliphatic heterocycles. The minimum atomic E-state index is -0.0634. The van der Waals surface area contributed by atoms with Crippen LogP contribution in [0.15, 0.2) is 24.3 Å². The molecule has 6 heteroatoms. The van der Waals surface area contributed by atoms with E-state index in [4.69, 9.17) is 4.74 Å². The molecule has 2 fully saturated rings. The maximum Gasteiger partial charge on any atom is 0.260 e. The average Bonchev–Trinajstić information content (AvgIpc) is 3.18. The monoisotopic (exact) mass is 401 g/mol. The maximum absolute atomic E-state index is 12.6. The molecule has 0 radical (unpaired) electrons. The Morgan fingerprint density at radius 2 is 1.76 bits per heavy atom. The highest BCUT2D eigenvalue weighted by Crippen LogP contribution is 2.23. The molecule has 2 aliphatic rings. The number of nitrogens with zero attached hydrogens (tertiary/aromatic N) is 2. The lowest BCUT2D eigenvalue weighted by Crippen LogP contribution is -2.49. The van der Waals surface area contributed by atoms with Crippen molar-refractivity contribution in [2.75, 3.05) is 26.2 Å². The fourth-order valence-electron chi connectivity index (χ4n) is 4.69. The van der Waals surface area contributed by atoms with E-state index in [2.05, 4.69) is 31.0 Å². The SMILES string of the molecule is CCN1CCCC1CNC(=O)c1ccc(OCC(=O)N2C(C)CCCC2C)cc1. The minimum absolute atomic E-state index is 0.0311. The second kappa shape index (κ2) is 10.1. The van der Waals surface area contributed by atoms with Crippen LogP contribution in [0, 0.1) is 0 Å². The zero-order valence-electron chi connectivity index (χ0n) is 18.0. The van der Waals surface area contributed by atoms with Crippen LogP contribution in [0.5, 0.6) is 5.75 Å². The third-order valence-corrected chi connectivity index (χ3v) is 6.36. The van der Waals surface area contributed by atoms with E-state index in [9.17, 15) is 9.59 Å². The van der Waals surface area contributed by atoms with E-state index in [0.717, 1.165) is 32.4 Å². The van der Waals surface area contributed by atoms with Crippen molar-refractivity contribution in [3.8, 4) is 5.75 Å². The van der Waals surface area contributed by atoms with Gasteiger partial charge in [-0.05, 0) is 83.3 Å². The summed E-state index contributed by atoms with van der Waals surface area (Å²) in [6.07, 6.45) is 5.62. The summed E-state index contributed by atoms with van der Waals surface area (Å²) in [5, 5.41) is 3.05. The Kier molecular flexibility index (Phi) is 7.53. The van der Waals surface area contributed by atoms with Crippen LogP contribution in [-0.2, 0) is 4.79 Å². The van der Waals surface area contributed by atoms with Gasteiger partial charge in [-0.15, -0.1) is 0 Å². The first kappa shape index (κ1) is 21.6. The number of carbonyl (C=O) groups is 2. The third kappa shape index (κ3) is 5.50. The maximum atomic E-state index is 12.6. The molecule has 0 spiro atoms. The molecule has 3 atom stereocenters. The number of piperidine rings is 1. The number of rotatable bonds is 7. The predicted molar refractivity (Wildman–Crippen MR) is 114 cm³/mol. The normalized spacial score (nSPS) is 25.1. The summed E-state index contributed by atoms with van der Waals surface area (Å²) >= 11 is 0. The molecule has 29 heavy (non-hydrogen) atoms. The van der Waals surface area contributed by atoms with Gasteiger partial charge in [0.1, 0.15) is 5.75 Å². The molecule has 0 aliphatic carbocycles. The first-order valence-corrected chi connectivity index (χ1v) is 11.1. The molecule has 2 saturated heterocycles. The van der Waals surface area contributed by atoms with Gasteiger partial charge in [-0.3, -0.25) is 14.5 Å². The van der Waals surface area contributed by atoms with Crippen LogP contribution in [0.3, 0.4) is 0 Å². The van der Waals surface area contributed by atoms with Crippen molar-refractivity contribution >= 4 is 11.8 Å². The molecule has 3 rings (SSSR count). The zero-order valence-corrected chi connectivity index (χ0v) is 18.0. The first-order chi connectivity index (χ1) is 14.0. The number of carbonyl (C=O) groups excluding carboxylic acids is 2. The van der Waals surface area contributed by atoms with Gasteiger partial charge in [0.2, 0.25) is 0 Å². The van der Waals surface area contributed by atoms with Gasteiger partial charge in [0.15, 0.2) is 6.61 Å². The lowest BCUT2D eigenvalue weighted by molar-refractivity contribution is -0.139. The smallest absolute Gasteiger partial charge is 0.260 e. The van der Waals surface area contributed by atoms with Gasteiger partial charge in [0.05, 0.1) is 0 Å². The molecule has 0 saturated carbocycles. The molecule has 6 nitrogen and oxygen atoms in total. The standard InChI is InChI=1S/C23H35N3O3/c1-4-25-14-6-9-20(25)15-24-23(28)19-10-12-21(13-11-19)29-16-22(27)26-17(2)7-5-8-18(26)3/h10-13,17-18,20H,4-9,14-16H2,1-3H3,(H,24,28). The van der Waals surface area contributed by atoms with E-state index in [-0.39, 0.29) is 30.5 Å². The van der Waals surface area contributed by atoms with E-state index >= 15 is 0 Å².